The third kappa shape index (κ3) is 2.23. The summed E-state index contributed by atoms with van der Waals surface area (Å²) in [7, 11) is 2.10. The van der Waals surface area contributed by atoms with E-state index >= 15 is 0 Å². The molecule has 2 heteroatoms. The smallest absolute Gasteiger partial charge is 0.0139 e. The lowest BCUT2D eigenvalue weighted by molar-refractivity contribution is 0.403. The van der Waals surface area contributed by atoms with E-state index in [1.165, 1.54) is 24.1 Å². The third-order valence-electron chi connectivity index (χ3n) is 4.03. The molecule has 2 unspecified atom stereocenters. The van der Waals surface area contributed by atoms with Crippen molar-refractivity contribution in [2.24, 2.45) is 0 Å². The molecular formula is C16H19NS. The Morgan fingerprint density at radius 1 is 1.28 bits per heavy atom. The Labute approximate surface area is 113 Å². The lowest BCUT2D eigenvalue weighted by Crippen LogP contribution is -2.38. The van der Waals surface area contributed by atoms with Crippen molar-refractivity contribution in [3.63, 3.8) is 0 Å². The molecule has 1 nitrogen and oxygen atoms in total. The summed E-state index contributed by atoms with van der Waals surface area (Å²) in [5.74, 6) is 0.714. The first-order valence-electron chi connectivity index (χ1n) is 6.66. The number of likely N-dealkylation sites (N-methyl/N-ethyl adjacent to an activating group) is 1. The van der Waals surface area contributed by atoms with E-state index in [1.54, 1.807) is 11.1 Å². The largest absolute Gasteiger partial charge is 0.316 e. The molecule has 1 aromatic heterocycles. The highest BCUT2D eigenvalue weighted by atomic mass is 32.1. The number of benzene rings is 1. The minimum absolute atomic E-state index is 0.613. The fourth-order valence-electron chi connectivity index (χ4n) is 2.96. The highest BCUT2D eigenvalue weighted by Crippen LogP contribution is 2.38. The van der Waals surface area contributed by atoms with Crippen LogP contribution in [0.4, 0.5) is 0 Å². The van der Waals surface area contributed by atoms with Gasteiger partial charge in [-0.3, -0.25) is 0 Å². The van der Waals surface area contributed by atoms with Gasteiger partial charge in [-0.1, -0.05) is 30.3 Å². The van der Waals surface area contributed by atoms with Crippen molar-refractivity contribution < 1.29 is 0 Å². The minimum Gasteiger partial charge on any atom is -0.316 e. The Morgan fingerprint density at radius 2 is 2.17 bits per heavy atom. The molecule has 2 atom stereocenters. The molecule has 1 N–H and O–H groups in total. The maximum absolute atomic E-state index is 3.51. The van der Waals surface area contributed by atoms with E-state index in [0.717, 1.165) is 0 Å². The third-order valence-corrected chi connectivity index (χ3v) is 4.97. The summed E-state index contributed by atoms with van der Waals surface area (Å²) in [6.07, 6.45) is 3.67. The van der Waals surface area contributed by atoms with E-state index < -0.39 is 0 Å². The van der Waals surface area contributed by atoms with Crippen molar-refractivity contribution in [1.82, 2.24) is 5.32 Å². The quantitative estimate of drug-likeness (QED) is 0.863. The van der Waals surface area contributed by atoms with Crippen molar-refractivity contribution in [3.8, 4) is 0 Å². The van der Waals surface area contributed by atoms with Crippen LogP contribution in [0, 0.1) is 0 Å². The van der Waals surface area contributed by atoms with Crippen LogP contribution in [0.5, 0.6) is 0 Å². The molecule has 0 bridgehead atoms. The average Bonchev–Trinajstić information content (AvgIpc) is 2.88. The van der Waals surface area contributed by atoms with Crippen LogP contribution in [0.2, 0.25) is 0 Å². The van der Waals surface area contributed by atoms with Gasteiger partial charge in [-0.25, -0.2) is 0 Å². The fourth-order valence-corrected chi connectivity index (χ4v) is 3.68. The summed E-state index contributed by atoms with van der Waals surface area (Å²) in [6, 6.07) is 13.9. The molecule has 0 radical (unpaired) electrons. The van der Waals surface area contributed by atoms with E-state index in [2.05, 4.69) is 54.1 Å². The zero-order valence-corrected chi connectivity index (χ0v) is 11.5. The number of thiophene rings is 1. The zero-order chi connectivity index (χ0) is 12.4. The molecule has 1 aliphatic carbocycles. The lowest BCUT2D eigenvalue weighted by Gasteiger charge is -2.36. The molecule has 18 heavy (non-hydrogen) atoms. The number of fused-ring (bicyclic) bond motifs is 1. The molecule has 0 amide bonds. The first-order valence-corrected chi connectivity index (χ1v) is 7.54. The van der Waals surface area contributed by atoms with Crippen LogP contribution >= 0.6 is 11.3 Å². The summed E-state index contributed by atoms with van der Waals surface area (Å²) >= 11 is 1.87. The number of aryl methyl sites for hydroxylation is 1. The van der Waals surface area contributed by atoms with Crippen LogP contribution in [0.3, 0.4) is 0 Å². The standard InChI is InChI=1S/C16H19NS/c1-17-16(9-8-13-6-4-10-18-13)15-11-12-5-2-3-7-14(12)15/h2-7,10,15-17H,8-9,11H2,1H3. The molecule has 1 aromatic carbocycles. The number of hydrogen-bond donors (Lipinski definition) is 1. The average molecular weight is 257 g/mol. The highest BCUT2D eigenvalue weighted by Gasteiger charge is 2.31. The summed E-state index contributed by atoms with van der Waals surface area (Å²) in [6.45, 7) is 0. The Morgan fingerprint density at radius 3 is 2.89 bits per heavy atom. The predicted octanol–water partition coefficient (Wildman–Crippen LogP) is 3.61. The number of hydrogen-bond acceptors (Lipinski definition) is 2. The molecule has 1 aliphatic rings. The minimum atomic E-state index is 0.613. The maximum atomic E-state index is 3.51. The maximum Gasteiger partial charge on any atom is 0.0139 e. The Balaban J connectivity index is 1.64. The van der Waals surface area contributed by atoms with E-state index in [-0.39, 0.29) is 0 Å². The van der Waals surface area contributed by atoms with E-state index in [4.69, 9.17) is 0 Å². The predicted molar refractivity (Wildman–Crippen MR) is 78.4 cm³/mol. The Kier molecular flexibility index (Phi) is 3.48. The van der Waals surface area contributed by atoms with Gasteiger partial charge in [-0.15, -0.1) is 11.3 Å². The van der Waals surface area contributed by atoms with Crippen molar-refractivity contribution in [3.05, 3.63) is 57.8 Å². The second-order valence-corrected chi connectivity index (χ2v) is 6.05. The van der Waals surface area contributed by atoms with E-state index in [9.17, 15) is 0 Å². The van der Waals surface area contributed by atoms with Gasteiger partial charge < -0.3 is 5.32 Å². The summed E-state index contributed by atoms with van der Waals surface area (Å²) in [5, 5.41) is 5.68. The van der Waals surface area contributed by atoms with Crippen LogP contribution in [0.25, 0.3) is 0 Å². The van der Waals surface area contributed by atoms with Gasteiger partial charge in [0.15, 0.2) is 0 Å². The van der Waals surface area contributed by atoms with Crippen molar-refractivity contribution in [2.45, 2.75) is 31.2 Å². The first kappa shape index (κ1) is 11.9. The van der Waals surface area contributed by atoms with Gasteiger partial charge in [0.2, 0.25) is 0 Å². The van der Waals surface area contributed by atoms with Gasteiger partial charge >= 0.3 is 0 Å². The topological polar surface area (TPSA) is 12.0 Å². The summed E-state index contributed by atoms with van der Waals surface area (Å²) in [5.41, 5.74) is 3.10. The normalized spacial score (nSPS) is 19.1. The van der Waals surface area contributed by atoms with Crippen molar-refractivity contribution >= 4 is 11.3 Å². The van der Waals surface area contributed by atoms with Gasteiger partial charge in [0, 0.05) is 16.8 Å². The number of nitrogens with one attached hydrogen (secondary N) is 1. The molecule has 1 heterocycles. The monoisotopic (exact) mass is 257 g/mol. The van der Waals surface area contributed by atoms with Gasteiger partial charge in [0.05, 0.1) is 0 Å². The molecule has 0 saturated heterocycles. The Bertz CT molecular complexity index is 504. The van der Waals surface area contributed by atoms with E-state index in [0.29, 0.717) is 12.0 Å². The lowest BCUT2D eigenvalue weighted by atomic mass is 9.72. The number of rotatable bonds is 5. The van der Waals surface area contributed by atoms with Crippen molar-refractivity contribution in [1.29, 1.82) is 0 Å². The molecule has 0 spiro atoms. The van der Waals surface area contributed by atoms with Gasteiger partial charge in [-0.05, 0) is 48.9 Å². The second kappa shape index (κ2) is 5.25. The molecule has 94 valence electrons. The molecular weight excluding hydrogens is 238 g/mol. The van der Waals surface area contributed by atoms with Crippen LogP contribution in [0.1, 0.15) is 28.3 Å². The SMILES string of the molecule is CNC(CCc1cccs1)C1Cc2ccccc21. The summed E-state index contributed by atoms with van der Waals surface area (Å²) < 4.78 is 0. The molecule has 0 saturated carbocycles. The van der Waals surface area contributed by atoms with Crippen LogP contribution in [-0.2, 0) is 12.8 Å². The molecule has 0 aliphatic heterocycles. The fraction of sp³-hybridized carbons (Fsp3) is 0.375. The van der Waals surface area contributed by atoms with Crippen LogP contribution in [-0.4, -0.2) is 13.1 Å². The van der Waals surface area contributed by atoms with Crippen LogP contribution < -0.4 is 5.32 Å². The van der Waals surface area contributed by atoms with Gasteiger partial charge in [0.1, 0.15) is 0 Å². The first-order chi connectivity index (χ1) is 8.88. The summed E-state index contributed by atoms with van der Waals surface area (Å²) in [4.78, 5) is 1.50. The second-order valence-electron chi connectivity index (χ2n) is 5.02. The highest BCUT2D eigenvalue weighted by molar-refractivity contribution is 7.09. The molecule has 0 fully saturated rings. The molecule has 3 rings (SSSR count). The van der Waals surface area contributed by atoms with Gasteiger partial charge in [-0.2, -0.15) is 0 Å². The Hall–Kier alpha value is -1.12. The zero-order valence-electron chi connectivity index (χ0n) is 10.7. The molecule has 2 aromatic rings. The van der Waals surface area contributed by atoms with E-state index in [1.807, 2.05) is 11.3 Å². The van der Waals surface area contributed by atoms with Crippen LogP contribution in [0.15, 0.2) is 41.8 Å². The van der Waals surface area contributed by atoms with Gasteiger partial charge in [0.25, 0.3) is 0 Å². The van der Waals surface area contributed by atoms with Crippen molar-refractivity contribution in [2.75, 3.05) is 7.05 Å².